The summed E-state index contributed by atoms with van der Waals surface area (Å²) in [7, 11) is 2.05. The van der Waals surface area contributed by atoms with E-state index in [9.17, 15) is 18.0 Å². The third-order valence-corrected chi connectivity index (χ3v) is 4.42. The average Bonchev–Trinajstić information content (AvgIpc) is 2.66. The van der Waals surface area contributed by atoms with Crippen LogP contribution in [0.3, 0.4) is 0 Å². The number of anilines is 1. The maximum Gasteiger partial charge on any atom is 0.416 e. The molecular weight excluding hydrogens is 359 g/mol. The Labute approximate surface area is 155 Å². The van der Waals surface area contributed by atoms with Crippen LogP contribution in [0.25, 0.3) is 0 Å². The largest absolute Gasteiger partial charge is 0.416 e. The van der Waals surface area contributed by atoms with Gasteiger partial charge in [-0.2, -0.15) is 13.2 Å². The highest BCUT2D eigenvalue weighted by atomic mass is 19.4. The van der Waals surface area contributed by atoms with Crippen LogP contribution < -0.4 is 10.2 Å². The van der Waals surface area contributed by atoms with Gasteiger partial charge in [-0.25, -0.2) is 9.97 Å². The fraction of sp³-hybridized carbons (Fsp3) is 0.389. The Bertz CT molecular complexity index is 804. The van der Waals surface area contributed by atoms with Crippen LogP contribution in [-0.2, 0) is 12.7 Å². The van der Waals surface area contributed by atoms with Gasteiger partial charge < -0.3 is 15.1 Å². The quantitative estimate of drug-likeness (QED) is 0.882. The predicted octanol–water partition coefficient (Wildman–Crippen LogP) is 2.18. The van der Waals surface area contributed by atoms with Crippen molar-refractivity contribution in [1.82, 2.24) is 20.2 Å². The minimum Gasteiger partial charge on any atom is -0.354 e. The summed E-state index contributed by atoms with van der Waals surface area (Å²) < 4.78 is 38.3. The van der Waals surface area contributed by atoms with Crippen LogP contribution in [0.5, 0.6) is 0 Å². The zero-order chi connectivity index (χ0) is 19.4. The number of halogens is 3. The number of piperazine rings is 1. The molecule has 1 saturated heterocycles. The number of benzene rings is 1. The first kappa shape index (κ1) is 19.1. The van der Waals surface area contributed by atoms with Crippen LogP contribution in [0.4, 0.5) is 19.0 Å². The van der Waals surface area contributed by atoms with E-state index in [4.69, 9.17) is 0 Å². The van der Waals surface area contributed by atoms with Gasteiger partial charge in [-0.1, -0.05) is 12.1 Å². The number of rotatable bonds is 4. The van der Waals surface area contributed by atoms with E-state index in [0.717, 1.165) is 38.3 Å². The van der Waals surface area contributed by atoms with Crippen LogP contribution >= 0.6 is 0 Å². The highest BCUT2D eigenvalue weighted by molar-refractivity contribution is 5.92. The van der Waals surface area contributed by atoms with Gasteiger partial charge in [-0.05, 0) is 24.7 Å². The molecule has 1 aromatic carbocycles. The summed E-state index contributed by atoms with van der Waals surface area (Å²) >= 11 is 0. The number of amides is 1. The van der Waals surface area contributed by atoms with Gasteiger partial charge in [0.25, 0.3) is 5.91 Å². The second-order valence-corrected chi connectivity index (χ2v) is 6.43. The molecule has 1 aromatic heterocycles. The van der Waals surface area contributed by atoms with Crippen LogP contribution in [0.1, 0.15) is 21.6 Å². The second-order valence-electron chi connectivity index (χ2n) is 6.43. The molecule has 0 atom stereocenters. The third-order valence-electron chi connectivity index (χ3n) is 4.42. The van der Waals surface area contributed by atoms with Gasteiger partial charge >= 0.3 is 6.18 Å². The van der Waals surface area contributed by atoms with E-state index in [1.54, 1.807) is 6.07 Å². The van der Waals surface area contributed by atoms with Gasteiger partial charge in [-0.15, -0.1) is 0 Å². The summed E-state index contributed by atoms with van der Waals surface area (Å²) in [4.78, 5) is 24.8. The van der Waals surface area contributed by atoms with E-state index in [1.165, 1.54) is 18.5 Å². The number of nitrogens with one attached hydrogen (secondary N) is 1. The number of carbonyl (C=O) groups excluding carboxylic acids is 1. The number of nitrogens with zero attached hydrogens (tertiary/aromatic N) is 4. The fourth-order valence-corrected chi connectivity index (χ4v) is 2.81. The Morgan fingerprint density at radius 1 is 1.15 bits per heavy atom. The van der Waals surface area contributed by atoms with Crippen LogP contribution in [0, 0.1) is 0 Å². The SMILES string of the molecule is CN1CCN(c2cc(C(=O)NCc3cccc(C(F)(F)F)c3)ncn2)CC1. The van der Waals surface area contributed by atoms with Gasteiger partial charge in [0.05, 0.1) is 5.56 Å². The van der Waals surface area contributed by atoms with E-state index in [-0.39, 0.29) is 12.2 Å². The van der Waals surface area contributed by atoms with Crippen molar-refractivity contribution < 1.29 is 18.0 Å². The second kappa shape index (κ2) is 7.91. The van der Waals surface area contributed by atoms with Gasteiger partial charge in [0, 0.05) is 38.8 Å². The molecule has 0 bridgehead atoms. The number of hydrogen-bond acceptors (Lipinski definition) is 5. The first-order chi connectivity index (χ1) is 12.8. The molecule has 3 rings (SSSR count). The van der Waals surface area contributed by atoms with Crippen LogP contribution in [-0.4, -0.2) is 54.0 Å². The molecule has 144 valence electrons. The molecule has 2 aromatic rings. The van der Waals surface area contributed by atoms with Crippen molar-refractivity contribution >= 4 is 11.7 Å². The fourth-order valence-electron chi connectivity index (χ4n) is 2.81. The maximum atomic E-state index is 12.8. The lowest BCUT2D eigenvalue weighted by Crippen LogP contribution is -2.44. The van der Waals surface area contributed by atoms with E-state index in [1.807, 2.05) is 7.05 Å². The van der Waals surface area contributed by atoms with E-state index in [2.05, 4.69) is 25.1 Å². The Hall–Kier alpha value is -2.68. The molecule has 0 saturated carbocycles. The molecule has 0 aliphatic carbocycles. The number of likely N-dealkylation sites (N-methyl/N-ethyl adjacent to an activating group) is 1. The summed E-state index contributed by atoms with van der Waals surface area (Å²) in [5, 5.41) is 2.61. The molecule has 1 aliphatic heterocycles. The lowest BCUT2D eigenvalue weighted by atomic mass is 10.1. The Kier molecular flexibility index (Phi) is 5.59. The molecule has 1 N–H and O–H groups in total. The molecule has 2 heterocycles. The molecule has 0 spiro atoms. The lowest BCUT2D eigenvalue weighted by Gasteiger charge is -2.33. The van der Waals surface area contributed by atoms with Crippen molar-refractivity contribution in [2.75, 3.05) is 38.1 Å². The van der Waals surface area contributed by atoms with Crippen LogP contribution in [0.2, 0.25) is 0 Å². The van der Waals surface area contributed by atoms with Crippen molar-refractivity contribution in [3.05, 3.63) is 53.5 Å². The topological polar surface area (TPSA) is 61.4 Å². The Morgan fingerprint density at radius 2 is 1.89 bits per heavy atom. The van der Waals surface area contributed by atoms with E-state index in [0.29, 0.717) is 11.4 Å². The zero-order valence-corrected chi connectivity index (χ0v) is 14.8. The first-order valence-corrected chi connectivity index (χ1v) is 8.53. The minimum atomic E-state index is -4.41. The molecule has 1 amide bonds. The van der Waals surface area contributed by atoms with Gasteiger partial charge in [0.1, 0.15) is 17.8 Å². The molecule has 0 radical (unpaired) electrons. The number of hydrogen-bond donors (Lipinski definition) is 1. The summed E-state index contributed by atoms with van der Waals surface area (Å²) in [5.74, 6) is 0.215. The molecule has 6 nitrogen and oxygen atoms in total. The molecule has 1 fully saturated rings. The third kappa shape index (κ3) is 4.94. The first-order valence-electron chi connectivity index (χ1n) is 8.53. The summed E-state index contributed by atoms with van der Waals surface area (Å²) in [5.41, 5.74) is -0.189. The van der Waals surface area contributed by atoms with Crippen molar-refractivity contribution in [2.24, 2.45) is 0 Å². The van der Waals surface area contributed by atoms with E-state index < -0.39 is 17.6 Å². The van der Waals surface area contributed by atoms with E-state index >= 15 is 0 Å². The monoisotopic (exact) mass is 379 g/mol. The van der Waals surface area contributed by atoms with Crippen LogP contribution in [0.15, 0.2) is 36.7 Å². The number of carbonyl (C=O) groups is 1. The van der Waals surface area contributed by atoms with Crippen molar-refractivity contribution in [3.63, 3.8) is 0 Å². The van der Waals surface area contributed by atoms with Gasteiger partial charge in [-0.3, -0.25) is 4.79 Å². The minimum absolute atomic E-state index is 0.0173. The summed E-state index contributed by atoms with van der Waals surface area (Å²) in [6, 6.07) is 6.48. The molecule has 27 heavy (non-hydrogen) atoms. The maximum absolute atomic E-state index is 12.8. The average molecular weight is 379 g/mol. The molecule has 1 aliphatic rings. The Balaban J connectivity index is 1.64. The van der Waals surface area contributed by atoms with Crippen molar-refractivity contribution in [2.45, 2.75) is 12.7 Å². The van der Waals surface area contributed by atoms with Gasteiger partial charge in [0.15, 0.2) is 0 Å². The summed E-state index contributed by atoms with van der Waals surface area (Å²) in [6.07, 6.45) is -3.09. The molecule has 9 heteroatoms. The summed E-state index contributed by atoms with van der Waals surface area (Å²) in [6.45, 7) is 3.40. The smallest absolute Gasteiger partial charge is 0.354 e. The highest BCUT2D eigenvalue weighted by Gasteiger charge is 2.30. The zero-order valence-electron chi connectivity index (χ0n) is 14.8. The number of aromatic nitrogens is 2. The number of alkyl halides is 3. The highest BCUT2D eigenvalue weighted by Crippen LogP contribution is 2.29. The predicted molar refractivity (Wildman–Crippen MR) is 94.4 cm³/mol. The van der Waals surface area contributed by atoms with Crippen molar-refractivity contribution in [3.8, 4) is 0 Å². The molecular formula is C18H20F3N5O. The molecule has 0 unspecified atom stereocenters. The Morgan fingerprint density at radius 3 is 2.59 bits per heavy atom. The standard InChI is InChI=1S/C18H20F3N5O/c1-25-5-7-26(8-6-25)16-10-15(23-12-24-16)17(27)22-11-13-3-2-4-14(9-13)18(19,20)21/h2-4,9-10,12H,5-8,11H2,1H3,(H,22,27). The lowest BCUT2D eigenvalue weighted by molar-refractivity contribution is -0.137. The normalized spacial score (nSPS) is 15.6. The van der Waals surface area contributed by atoms with Crippen molar-refractivity contribution in [1.29, 1.82) is 0 Å². The van der Waals surface area contributed by atoms with Gasteiger partial charge in [0.2, 0.25) is 0 Å².